The van der Waals surface area contributed by atoms with Gasteiger partial charge in [0.2, 0.25) is 5.96 Å². The van der Waals surface area contributed by atoms with Crippen molar-refractivity contribution in [3.05, 3.63) is 71.0 Å². The molecule has 180 valence electrons. The molecular formula is C24H25F4N5O. The molecule has 34 heavy (non-hydrogen) atoms. The van der Waals surface area contributed by atoms with E-state index in [9.17, 15) is 22.4 Å². The standard InChI is InChI=1S/C24H25F4N5O/c1-4-14(2)13-29-23(31-22(34)16-7-9-18(10-8-16)24(26,27)28)30-21-12-20(32-33-21)17-6-5-15(3)19(25)11-17/h5-12,14H,4,13H2,1-3H3,(H3,29,30,31,32,33,34). The topological polar surface area (TPSA) is 82.2 Å². The first-order chi connectivity index (χ1) is 16.1. The minimum atomic E-state index is -4.49. The number of anilines is 1. The van der Waals surface area contributed by atoms with E-state index in [1.165, 1.54) is 6.07 Å². The fourth-order valence-corrected chi connectivity index (χ4v) is 2.91. The van der Waals surface area contributed by atoms with Crippen LogP contribution in [0.4, 0.5) is 23.4 Å². The van der Waals surface area contributed by atoms with Gasteiger partial charge in [0.1, 0.15) is 11.6 Å². The zero-order valence-electron chi connectivity index (χ0n) is 18.9. The Morgan fingerprint density at radius 1 is 1.15 bits per heavy atom. The molecule has 0 aliphatic rings. The summed E-state index contributed by atoms with van der Waals surface area (Å²) in [5, 5.41) is 12.9. The molecule has 6 nitrogen and oxygen atoms in total. The van der Waals surface area contributed by atoms with Crippen molar-refractivity contribution in [2.75, 3.05) is 11.9 Å². The Kier molecular flexibility index (Phi) is 7.70. The molecule has 1 unspecified atom stereocenters. The van der Waals surface area contributed by atoms with Gasteiger partial charge in [-0.1, -0.05) is 32.4 Å². The second-order valence-corrected chi connectivity index (χ2v) is 7.99. The van der Waals surface area contributed by atoms with Gasteiger partial charge in [0.15, 0.2) is 0 Å². The highest BCUT2D eigenvalue weighted by atomic mass is 19.4. The lowest BCUT2D eigenvalue weighted by Gasteiger charge is -2.14. The fourth-order valence-electron chi connectivity index (χ4n) is 2.91. The molecule has 0 aliphatic heterocycles. The van der Waals surface area contributed by atoms with Crippen molar-refractivity contribution >= 4 is 17.7 Å². The van der Waals surface area contributed by atoms with Gasteiger partial charge in [-0.05, 0) is 48.7 Å². The predicted molar refractivity (Wildman–Crippen MR) is 123 cm³/mol. The van der Waals surface area contributed by atoms with Gasteiger partial charge in [0, 0.05) is 23.7 Å². The SMILES string of the molecule is CCC(C)CN/C(=N/C(=O)c1ccc(C(F)(F)F)cc1)Nc1cc(-c2ccc(C)c(F)c2)n[nH]1. The number of nitrogens with zero attached hydrogens (tertiary/aromatic N) is 2. The largest absolute Gasteiger partial charge is 0.416 e. The monoisotopic (exact) mass is 475 g/mol. The van der Waals surface area contributed by atoms with Crippen LogP contribution < -0.4 is 10.6 Å². The van der Waals surface area contributed by atoms with Crippen LogP contribution in [0.15, 0.2) is 53.5 Å². The van der Waals surface area contributed by atoms with Crippen LogP contribution in [0.25, 0.3) is 11.3 Å². The molecule has 0 fully saturated rings. The third kappa shape index (κ3) is 6.43. The summed E-state index contributed by atoms with van der Waals surface area (Å²) in [7, 11) is 0. The Morgan fingerprint density at radius 3 is 2.47 bits per heavy atom. The molecule has 3 N–H and O–H groups in total. The zero-order chi connectivity index (χ0) is 24.9. The number of benzene rings is 2. The summed E-state index contributed by atoms with van der Waals surface area (Å²) < 4.78 is 52.3. The van der Waals surface area contributed by atoms with Crippen molar-refractivity contribution < 1.29 is 22.4 Å². The maximum atomic E-state index is 13.9. The number of hydrogen-bond acceptors (Lipinski definition) is 2. The number of alkyl halides is 3. The number of aryl methyl sites for hydroxylation is 1. The number of hydrogen-bond donors (Lipinski definition) is 3. The quantitative estimate of drug-likeness (QED) is 0.240. The third-order valence-electron chi connectivity index (χ3n) is 5.29. The molecule has 1 heterocycles. The molecule has 0 aliphatic carbocycles. The van der Waals surface area contributed by atoms with Crippen LogP contribution in [0, 0.1) is 18.7 Å². The summed E-state index contributed by atoms with van der Waals surface area (Å²) >= 11 is 0. The maximum absolute atomic E-state index is 13.9. The highest BCUT2D eigenvalue weighted by Crippen LogP contribution is 2.29. The number of halogens is 4. The number of carbonyl (C=O) groups excluding carboxylic acids is 1. The number of aromatic amines is 1. The molecule has 3 aromatic rings. The lowest BCUT2D eigenvalue weighted by atomic mass is 10.1. The molecule has 2 aromatic carbocycles. The van der Waals surface area contributed by atoms with Gasteiger partial charge in [-0.25, -0.2) is 4.39 Å². The van der Waals surface area contributed by atoms with Gasteiger partial charge in [-0.3, -0.25) is 9.89 Å². The molecule has 0 saturated heterocycles. The minimum absolute atomic E-state index is 0.0121. The summed E-state index contributed by atoms with van der Waals surface area (Å²) in [6.07, 6.45) is -3.60. The van der Waals surface area contributed by atoms with Gasteiger partial charge in [-0.2, -0.15) is 23.3 Å². The highest BCUT2D eigenvalue weighted by Gasteiger charge is 2.30. The number of amides is 1. The molecule has 10 heteroatoms. The third-order valence-corrected chi connectivity index (χ3v) is 5.29. The van der Waals surface area contributed by atoms with E-state index in [0.717, 1.165) is 30.7 Å². The van der Waals surface area contributed by atoms with Crippen LogP contribution in [-0.2, 0) is 6.18 Å². The lowest BCUT2D eigenvalue weighted by Crippen LogP contribution is -2.34. The number of nitrogens with one attached hydrogen (secondary N) is 3. The second kappa shape index (κ2) is 10.5. The first kappa shape index (κ1) is 24.9. The average Bonchev–Trinajstić information content (AvgIpc) is 3.27. The number of guanidine groups is 1. The van der Waals surface area contributed by atoms with Gasteiger partial charge in [0.05, 0.1) is 11.3 Å². The molecule has 0 saturated carbocycles. The zero-order valence-corrected chi connectivity index (χ0v) is 18.9. The van der Waals surface area contributed by atoms with Crippen LogP contribution >= 0.6 is 0 Å². The van der Waals surface area contributed by atoms with E-state index in [1.807, 2.05) is 13.8 Å². The Labute approximate surface area is 194 Å². The highest BCUT2D eigenvalue weighted by molar-refractivity contribution is 6.06. The number of carbonyl (C=O) groups is 1. The Hall–Kier alpha value is -3.69. The van der Waals surface area contributed by atoms with Crippen molar-refractivity contribution in [1.82, 2.24) is 15.5 Å². The van der Waals surface area contributed by atoms with E-state index in [4.69, 9.17) is 0 Å². The van der Waals surface area contributed by atoms with E-state index in [0.29, 0.717) is 29.2 Å². The van der Waals surface area contributed by atoms with Crippen molar-refractivity contribution in [2.45, 2.75) is 33.4 Å². The first-order valence-electron chi connectivity index (χ1n) is 10.7. The van der Waals surface area contributed by atoms with Crippen LogP contribution in [0.1, 0.15) is 41.8 Å². The Balaban J connectivity index is 1.81. The van der Waals surface area contributed by atoms with Gasteiger partial charge in [0.25, 0.3) is 5.91 Å². The van der Waals surface area contributed by atoms with Gasteiger partial charge in [-0.15, -0.1) is 0 Å². The van der Waals surface area contributed by atoms with E-state index in [2.05, 4.69) is 25.8 Å². The van der Waals surface area contributed by atoms with E-state index < -0.39 is 17.6 Å². The number of aromatic nitrogens is 2. The molecule has 3 rings (SSSR count). The number of H-pyrrole nitrogens is 1. The van der Waals surface area contributed by atoms with Crippen molar-refractivity contribution in [2.24, 2.45) is 10.9 Å². The minimum Gasteiger partial charge on any atom is -0.355 e. The summed E-state index contributed by atoms with van der Waals surface area (Å²) in [6, 6.07) is 10.2. The number of rotatable bonds is 6. The summed E-state index contributed by atoms with van der Waals surface area (Å²) in [5.74, 6) is -0.286. The molecular weight excluding hydrogens is 450 g/mol. The average molecular weight is 475 g/mol. The van der Waals surface area contributed by atoms with Gasteiger partial charge >= 0.3 is 6.18 Å². The molecule has 0 spiro atoms. The normalized spacial score (nSPS) is 13.0. The van der Waals surface area contributed by atoms with Crippen molar-refractivity contribution in [1.29, 1.82) is 0 Å². The molecule has 1 aromatic heterocycles. The molecule has 1 amide bonds. The van der Waals surface area contributed by atoms with Crippen molar-refractivity contribution in [3.8, 4) is 11.3 Å². The van der Waals surface area contributed by atoms with Crippen LogP contribution in [-0.4, -0.2) is 28.6 Å². The summed E-state index contributed by atoms with van der Waals surface area (Å²) in [5.41, 5.74) is 0.732. The van der Waals surface area contributed by atoms with Crippen LogP contribution in [0.5, 0.6) is 0 Å². The Morgan fingerprint density at radius 2 is 1.85 bits per heavy atom. The first-order valence-corrected chi connectivity index (χ1v) is 10.7. The smallest absolute Gasteiger partial charge is 0.355 e. The van der Waals surface area contributed by atoms with E-state index >= 15 is 0 Å². The van der Waals surface area contributed by atoms with E-state index in [1.54, 1.807) is 25.1 Å². The maximum Gasteiger partial charge on any atom is 0.416 e. The van der Waals surface area contributed by atoms with Crippen LogP contribution in [0.2, 0.25) is 0 Å². The molecule has 0 bridgehead atoms. The Bertz CT molecular complexity index is 1170. The molecule has 1 atom stereocenters. The lowest BCUT2D eigenvalue weighted by molar-refractivity contribution is -0.137. The van der Waals surface area contributed by atoms with Crippen LogP contribution in [0.3, 0.4) is 0 Å². The molecule has 0 radical (unpaired) electrons. The summed E-state index contributed by atoms with van der Waals surface area (Å²) in [4.78, 5) is 16.6. The predicted octanol–water partition coefficient (Wildman–Crippen LogP) is 5.79. The van der Waals surface area contributed by atoms with E-state index in [-0.39, 0.29) is 23.3 Å². The van der Waals surface area contributed by atoms with Crippen molar-refractivity contribution in [3.63, 3.8) is 0 Å². The second-order valence-electron chi connectivity index (χ2n) is 7.99. The fraction of sp³-hybridized carbons (Fsp3) is 0.292. The summed E-state index contributed by atoms with van der Waals surface area (Å²) in [6.45, 7) is 6.21. The van der Waals surface area contributed by atoms with Gasteiger partial charge < -0.3 is 10.6 Å². The number of aliphatic imine (C=N–C) groups is 1.